The summed E-state index contributed by atoms with van der Waals surface area (Å²) in [5.74, 6) is -0.673. The van der Waals surface area contributed by atoms with Gasteiger partial charge in [0.1, 0.15) is 0 Å². The largest absolute Gasteiger partial charge is 0.350 e. The first-order valence-electron chi connectivity index (χ1n) is 10.6. The van der Waals surface area contributed by atoms with E-state index in [4.69, 9.17) is 0 Å². The van der Waals surface area contributed by atoms with Crippen molar-refractivity contribution in [2.45, 2.75) is 38.1 Å². The summed E-state index contributed by atoms with van der Waals surface area (Å²) >= 11 is 0. The summed E-state index contributed by atoms with van der Waals surface area (Å²) in [4.78, 5) is 25.4. The van der Waals surface area contributed by atoms with Crippen molar-refractivity contribution in [3.8, 4) is 0 Å². The number of nitrogens with one attached hydrogen (secondary N) is 3. The van der Waals surface area contributed by atoms with Gasteiger partial charge in [-0.05, 0) is 68.8 Å². The zero-order valence-corrected chi connectivity index (χ0v) is 19.6. The summed E-state index contributed by atoms with van der Waals surface area (Å²) in [7, 11) is -3.73. The molecule has 3 aromatic carbocycles. The number of hydrogen-bond donors (Lipinski definition) is 3. The maximum atomic E-state index is 12.7. The average Bonchev–Trinajstić information content (AvgIpc) is 2.79. The van der Waals surface area contributed by atoms with Crippen molar-refractivity contribution >= 4 is 33.2 Å². The van der Waals surface area contributed by atoms with Gasteiger partial charge in [0.15, 0.2) is 0 Å². The fraction of sp³-hybridized carbons (Fsp3) is 0.200. The smallest absolute Gasteiger partial charge is 0.261 e. The van der Waals surface area contributed by atoms with Crippen molar-refractivity contribution < 1.29 is 18.0 Å². The number of carbonyl (C=O) groups is 2. The molecule has 0 unspecified atom stereocenters. The Morgan fingerprint density at radius 1 is 0.879 bits per heavy atom. The molecule has 0 aliphatic heterocycles. The normalized spacial score (nSPS) is 12.0. The second kappa shape index (κ2) is 10.3. The predicted molar refractivity (Wildman–Crippen MR) is 130 cm³/mol. The van der Waals surface area contributed by atoms with E-state index >= 15 is 0 Å². The zero-order chi connectivity index (χ0) is 24.0. The number of hydrogen-bond acceptors (Lipinski definition) is 4. The fourth-order valence-electron chi connectivity index (χ4n) is 3.01. The van der Waals surface area contributed by atoms with Crippen LogP contribution in [0.1, 0.15) is 46.5 Å². The molecule has 33 heavy (non-hydrogen) atoms. The van der Waals surface area contributed by atoms with E-state index in [9.17, 15) is 18.0 Å². The van der Waals surface area contributed by atoms with Crippen molar-refractivity contribution in [1.82, 2.24) is 5.32 Å². The van der Waals surface area contributed by atoms with Crippen molar-refractivity contribution in [3.05, 3.63) is 89.5 Å². The molecule has 1 atom stereocenters. The molecule has 172 valence electrons. The summed E-state index contributed by atoms with van der Waals surface area (Å²) in [6.07, 6.45) is 0.792. The van der Waals surface area contributed by atoms with Crippen LogP contribution in [0.3, 0.4) is 0 Å². The quantitative estimate of drug-likeness (QED) is 0.453. The number of sulfonamides is 1. The highest BCUT2D eigenvalue weighted by molar-refractivity contribution is 7.92. The van der Waals surface area contributed by atoms with Crippen molar-refractivity contribution in [2.75, 3.05) is 10.0 Å². The first-order chi connectivity index (χ1) is 15.7. The lowest BCUT2D eigenvalue weighted by atomic mass is 10.1. The minimum atomic E-state index is -3.73. The summed E-state index contributed by atoms with van der Waals surface area (Å²) in [6, 6.07) is 19.4. The summed E-state index contributed by atoms with van der Waals surface area (Å²) in [5.41, 5.74) is 2.38. The third-order valence-corrected chi connectivity index (χ3v) is 6.54. The molecule has 0 radical (unpaired) electrons. The topological polar surface area (TPSA) is 104 Å². The molecule has 0 heterocycles. The van der Waals surface area contributed by atoms with Crippen LogP contribution in [0.2, 0.25) is 0 Å². The molecule has 7 nitrogen and oxygen atoms in total. The fourth-order valence-corrected chi connectivity index (χ4v) is 4.07. The van der Waals surface area contributed by atoms with E-state index in [-0.39, 0.29) is 16.8 Å². The van der Waals surface area contributed by atoms with Gasteiger partial charge in [-0.3, -0.25) is 14.3 Å². The highest BCUT2D eigenvalue weighted by atomic mass is 32.2. The van der Waals surface area contributed by atoms with E-state index in [2.05, 4.69) is 15.4 Å². The van der Waals surface area contributed by atoms with Crippen LogP contribution >= 0.6 is 0 Å². The van der Waals surface area contributed by atoms with Crippen LogP contribution in [0.15, 0.2) is 77.7 Å². The van der Waals surface area contributed by atoms with Gasteiger partial charge in [0, 0.05) is 17.3 Å². The molecule has 3 N–H and O–H groups in total. The van der Waals surface area contributed by atoms with Crippen molar-refractivity contribution in [2.24, 2.45) is 0 Å². The SMILES string of the molecule is CC[C@@H](C)NC(=O)c1ccccc1NC(=O)c1ccc(NS(=O)(=O)c2ccc(C)cc2)cc1. The first-order valence-corrected chi connectivity index (χ1v) is 12.1. The van der Waals surface area contributed by atoms with E-state index in [0.29, 0.717) is 22.5 Å². The van der Waals surface area contributed by atoms with Gasteiger partial charge in [-0.1, -0.05) is 36.8 Å². The Labute approximate surface area is 194 Å². The van der Waals surface area contributed by atoms with E-state index in [1.165, 1.54) is 36.4 Å². The minimum Gasteiger partial charge on any atom is -0.350 e. The van der Waals surface area contributed by atoms with E-state index < -0.39 is 15.9 Å². The molecule has 0 saturated heterocycles. The highest BCUT2D eigenvalue weighted by Gasteiger charge is 2.17. The van der Waals surface area contributed by atoms with Gasteiger partial charge in [0.05, 0.1) is 16.1 Å². The lowest BCUT2D eigenvalue weighted by Gasteiger charge is -2.15. The summed E-state index contributed by atoms with van der Waals surface area (Å²) in [6.45, 7) is 5.76. The predicted octanol–water partition coefficient (Wildman–Crippen LogP) is 4.58. The zero-order valence-electron chi connectivity index (χ0n) is 18.8. The van der Waals surface area contributed by atoms with Crippen LogP contribution in [-0.2, 0) is 10.0 Å². The molecule has 3 aromatic rings. The molecule has 0 aliphatic carbocycles. The third-order valence-electron chi connectivity index (χ3n) is 5.14. The van der Waals surface area contributed by atoms with Gasteiger partial charge in [0.25, 0.3) is 21.8 Å². The molecular weight excluding hydrogens is 438 g/mol. The molecule has 0 spiro atoms. The number of rotatable bonds is 8. The van der Waals surface area contributed by atoms with Gasteiger partial charge in [-0.25, -0.2) is 8.42 Å². The van der Waals surface area contributed by atoms with E-state index in [1.807, 2.05) is 20.8 Å². The number of para-hydroxylation sites is 1. The van der Waals surface area contributed by atoms with Gasteiger partial charge in [0.2, 0.25) is 0 Å². The second-order valence-corrected chi connectivity index (χ2v) is 9.46. The lowest BCUT2D eigenvalue weighted by Crippen LogP contribution is -2.32. The summed E-state index contributed by atoms with van der Waals surface area (Å²) < 4.78 is 27.6. The Balaban J connectivity index is 1.71. The molecule has 0 saturated carbocycles. The van der Waals surface area contributed by atoms with Crippen molar-refractivity contribution in [1.29, 1.82) is 0 Å². The number of benzene rings is 3. The van der Waals surface area contributed by atoms with Crippen LogP contribution < -0.4 is 15.4 Å². The van der Waals surface area contributed by atoms with Crippen LogP contribution in [0.5, 0.6) is 0 Å². The third kappa shape index (κ3) is 6.20. The Hall–Kier alpha value is -3.65. The minimum absolute atomic E-state index is 0.0116. The van der Waals surface area contributed by atoms with Crippen LogP contribution in [0.4, 0.5) is 11.4 Å². The molecule has 3 rings (SSSR count). The molecular formula is C25H27N3O4S. The maximum Gasteiger partial charge on any atom is 0.261 e. The molecule has 0 bridgehead atoms. The van der Waals surface area contributed by atoms with E-state index in [0.717, 1.165) is 12.0 Å². The standard InChI is InChI=1S/C25H27N3O4S/c1-4-18(3)26-25(30)22-7-5-6-8-23(22)27-24(29)19-11-13-20(14-12-19)28-33(31,32)21-15-9-17(2)10-16-21/h5-16,18,28H,4H2,1-3H3,(H,26,30)(H,27,29)/t18-/m1/s1. The Kier molecular flexibility index (Phi) is 7.50. The summed E-state index contributed by atoms with van der Waals surface area (Å²) in [5, 5.41) is 5.65. The lowest BCUT2D eigenvalue weighted by molar-refractivity contribution is 0.0940. The monoisotopic (exact) mass is 465 g/mol. The van der Waals surface area contributed by atoms with E-state index in [1.54, 1.807) is 36.4 Å². The average molecular weight is 466 g/mol. The molecule has 0 aromatic heterocycles. The molecule has 2 amide bonds. The molecule has 0 fully saturated rings. The molecule has 8 heteroatoms. The number of amides is 2. The first kappa shape index (κ1) is 24.0. The Morgan fingerprint density at radius 3 is 2.15 bits per heavy atom. The van der Waals surface area contributed by atoms with Crippen molar-refractivity contribution in [3.63, 3.8) is 0 Å². The van der Waals surface area contributed by atoms with Crippen LogP contribution in [0.25, 0.3) is 0 Å². The van der Waals surface area contributed by atoms with Crippen LogP contribution in [-0.4, -0.2) is 26.3 Å². The Morgan fingerprint density at radius 2 is 1.52 bits per heavy atom. The van der Waals surface area contributed by atoms with Gasteiger partial charge in [-0.15, -0.1) is 0 Å². The molecule has 0 aliphatic rings. The van der Waals surface area contributed by atoms with Gasteiger partial charge in [-0.2, -0.15) is 0 Å². The number of carbonyl (C=O) groups excluding carboxylic acids is 2. The van der Waals surface area contributed by atoms with Gasteiger partial charge < -0.3 is 10.6 Å². The van der Waals surface area contributed by atoms with Gasteiger partial charge >= 0.3 is 0 Å². The number of aryl methyl sites for hydroxylation is 1. The van der Waals surface area contributed by atoms with Crippen LogP contribution in [0, 0.1) is 6.92 Å². The second-order valence-electron chi connectivity index (χ2n) is 7.78. The maximum absolute atomic E-state index is 12.7. The number of anilines is 2. The Bertz CT molecular complexity index is 1240. The highest BCUT2D eigenvalue weighted by Crippen LogP contribution is 2.20.